The lowest BCUT2D eigenvalue weighted by Gasteiger charge is -2.34. The zero-order chi connectivity index (χ0) is 31.7. The lowest BCUT2D eigenvalue weighted by atomic mass is 10.0. The molecule has 4 aromatic rings. The topological polar surface area (TPSA) is 86.8 Å². The van der Waals surface area contributed by atoms with E-state index in [1.165, 1.54) is 23.1 Å². The summed E-state index contributed by atoms with van der Waals surface area (Å²) in [6.07, 6.45) is 0.989. The minimum absolute atomic E-state index is 0.0440. The van der Waals surface area contributed by atoms with E-state index in [0.717, 1.165) is 33.0 Å². The van der Waals surface area contributed by atoms with Crippen LogP contribution in [-0.4, -0.2) is 44.3 Å². The molecule has 0 saturated heterocycles. The third kappa shape index (κ3) is 8.49. The number of aryl methyl sites for hydroxylation is 2. The quantitative estimate of drug-likeness (QED) is 0.187. The van der Waals surface area contributed by atoms with E-state index in [-0.39, 0.29) is 29.5 Å². The Morgan fingerprint density at radius 2 is 1.45 bits per heavy atom. The molecule has 0 heterocycles. The van der Waals surface area contributed by atoms with E-state index in [0.29, 0.717) is 11.6 Å². The fourth-order valence-electron chi connectivity index (χ4n) is 4.81. The molecule has 0 saturated carbocycles. The lowest BCUT2D eigenvalue weighted by molar-refractivity contribution is -0.140. The number of hydrogen-bond acceptors (Lipinski definition) is 4. The van der Waals surface area contributed by atoms with Crippen molar-refractivity contribution in [2.75, 3.05) is 17.4 Å². The van der Waals surface area contributed by atoms with Gasteiger partial charge in [-0.1, -0.05) is 102 Å². The summed E-state index contributed by atoms with van der Waals surface area (Å²) in [4.78, 5) is 29.7. The van der Waals surface area contributed by atoms with Crippen molar-refractivity contribution in [3.8, 4) is 0 Å². The predicted octanol–water partition coefficient (Wildman–Crippen LogP) is 6.32. The number of carbonyl (C=O) groups excluding carboxylic acids is 2. The fraction of sp³-hybridized carbons (Fsp3) is 0.257. The second kappa shape index (κ2) is 15.0. The van der Waals surface area contributed by atoms with Crippen molar-refractivity contribution in [3.63, 3.8) is 0 Å². The zero-order valence-electron chi connectivity index (χ0n) is 25.2. The molecule has 0 aliphatic rings. The third-order valence-corrected chi connectivity index (χ3v) is 9.30. The number of benzene rings is 4. The van der Waals surface area contributed by atoms with Crippen LogP contribution in [-0.2, 0) is 32.6 Å². The highest BCUT2D eigenvalue weighted by molar-refractivity contribution is 7.92. The highest BCUT2D eigenvalue weighted by Gasteiger charge is 2.34. The number of amides is 2. The average molecular weight is 632 g/mol. The first kappa shape index (κ1) is 32.8. The van der Waals surface area contributed by atoms with Crippen molar-refractivity contribution < 1.29 is 18.0 Å². The van der Waals surface area contributed by atoms with Gasteiger partial charge in [0, 0.05) is 24.5 Å². The number of sulfonamides is 1. The van der Waals surface area contributed by atoms with Gasteiger partial charge >= 0.3 is 0 Å². The van der Waals surface area contributed by atoms with Gasteiger partial charge in [-0.05, 0) is 61.7 Å². The van der Waals surface area contributed by atoms with Gasteiger partial charge < -0.3 is 10.2 Å². The van der Waals surface area contributed by atoms with Crippen LogP contribution in [0.2, 0.25) is 5.02 Å². The Morgan fingerprint density at radius 3 is 2.07 bits per heavy atom. The summed E-state index contributed by atoms with van der Waals surface area (Å²) in [5.74, 6) is -0.819. The Hall–Kier alpha value is -4.14. The Labute approximate surface area is 265 Å². The zero-order valence-corrected chi connectivity index (χ0v) is 26.8. The lowest BCUT2D eigenvalue weighted by Crippen LogP contribution is -2.53. The van der Waals surface area contributed by atoms with Gasteiger partial charge in [-0.15, -0.1) is 0 Å². The SMILES string of the molecule is CCCNC(=O)[C@@H](Cc1ccccc1)N(Cc1ccc(C)cc1)C(=O)CN(c1cccc(Cl)c1)S(=O)(=O)c1ccc(C)cc1. The molecule has 0 spiro atoms. The van der Waals surface area contributed by atoms with Crippen LogP contribution in [0.25, 0.3) is 0 Å². The predicted molar refractivity (Wildman–Crippen MR) is 176 cm³/mol. The van der Waals surface area contributed by atoms with E-state index in [1.54, 1.807) is 30.3 Å². The molecule has 9 heteroatoms. The molecular weight excluding hydrogens is 594 g/mol. The third-order valence-electron chi connectivity index (χ3n) is 7.28. The monoisotopic (exact) mass is 631 g/mol. The molecule has 0 aromatic heterocycles. The van der Waals surface area contributed by atoms with Crippen molar-refractivity contribution in [2.24, 2.45) is 0 Å². The molecule has 0 fully saturated rings. The van der Waals surface area contributed by atoms with E-state index in [9.17, 15) is 18.0 Å². The summed E-state index contributed by atoms with van der Waals surface area (Å²) in [5, 5.41) is 3.28. The van der Waals surface area contributed by atoms with Gasteiger partial charge in [0.25, 0.3) is 10.0 Å². The summed E-state index contributed by atoms with van der Waals surface area (Å²) < 4.78 is 29.2. The first-order valence-electron chi connectivity index (χ1n) is 14.6. The van der Waals surface area contributed by atoms with Crippen LogP contribution in [0.1, 0.15) is 35.6 Å². The van der Waals surface area contributed by atoms with Crippen molar-refractivity contribution in [2.45, 2.75) is 51.1 Å². The van der Waals surface area contributed by atoms with Crippen LogP contribution >= 0.6 is 11.6 Å². The van der Waals surface area contributed by atoms with Gasteiger partial charge in [0.15, 0.2) is 0 Å². The number of hydrogen-bond donors (Lipinski definition) is 1. The van der Waals surface area contributed by atoms with E-state index in [4.69, 9.17) is 11.6 Å². The van der Waals surface area contributed by atoms with Crippen LogP contribution in [0.3, 0.4) is 0 Å². The second-order valence-electron chi connectivity index (χ2n) is 10.8. The maximum absolute atomic E-state index is 14.4. The summed E-state index contributed by atoms with van der Waals surface area (Å²) >= 11 is 6.29. The van der Waals surface area contributed by atoms with Crippen molar-refractivity contribution in [1.29, 1.82) is 0 Å². The molecule has 0 aliphatic heterocycles. The molecule has 4 aromatic carbocycles. The van der Waals surface area contributed by atoms with E-state index in [2.05, 4.69) is 5.32 Å². The van der Waals surface area contributed by atoms with Gasteiger partial charge in [0.2, 0.25) is 11.8 Å². The van der Waals surface area contributed by atoms with Gasteiger partial charge in [-0.25, -0.2) is 8.42 Å². The molecule has 0 unspecified atom stereocenters. The Bertz CT molecular complexity index is 1660. The van der Waals surface area contributed by atoms with Crippen LogP contribution in [0.4, 0.5) is 5.69 Å². The molecule has 7 nitrogen and oxygen atoms in total. The number of rotatable bonds is 13. The molecule has 230 valence electrons. The Kier molecular flexibility index (Phi) is 11.2. The van der Waals surface area contributed by atoms with Gasteiger partial charge in [-0.2, -0.15) is 0 Å². The summed E-state index contributed by atoms with van der Waals surface area (Å²) in [7, 11) is -4.19. The largest absolute Gasteiger partial charge is 0.354 e. The molecule has 0 radical (unpaired) electrons. The van der Waals surface area contributed by atoms with Gasteiger partial charge in [0.05, 0.1) is 10.6 Å². The smallest absolute Gasteiger partial charge is 0.264 e. The fourth-order valence-corrected chi connectivity index (χ4v) is 6.40. The van der Waals surface area contributed by atoms with Gasteiger partial charge in [-0.3, -0.25) is 13.9 Å². The summed E-state index contributed by atoms with van der Waals surface area (Å²) in [6, 6.07) is 29.2. The number of anilines is 1. The van der Waals surface area contributed by atoms with E-state index >= 15 is 0 Å². The normalized spacial score (nSPS) is 11.9. The highest BCUT2D eigenvalue weighted by Crippen LogP contribution is 2.27. The van der Waals surface area contributed by atoms with Gasteiger partial charge in [0.1, 0.15) is 12.6 Å². The summed E-state index contributed by atoms with van der Waals surface area (Å²) in [6.45, 7) is 5.84. The molecule has 44 heavy (non-hydrogen) atoms. The summed E-state index contributed by atoms with van der Waals surface area (Å²) in [5.41, 5.74) is 3.91. The Balaban J connectivity index is 1.79. The second-order valence-corrected chi connectivity index (χ2v) is 13.1. The maximum Gasteiger partial charge on any atom is 0.264 e. The minimum Gasteiger partial charge on any atom is -0.354 e. The van der Waals surface area contributed by atoms with Crippen molar-refractivity contribution >= 4 is 39.1 Å². The standard InChI is InChI=1S/C35H38ClN3O4S/c1-4-21-37-35(41)33(22-28-9-6-5-7-10-28)38(24-29-17-13-26(2)14-18-29)34(40)25-39(31-12-8-11-30(36)23-31)44(42,43)32-19-15-27(3)16-20-32/h5-20,23,33H,4,21-22,24-25H2,1-3H3,(H,37,41)/t33-/m1/s1. The first-order chi connectivity index (χ1) is 21.1. The number of nitrogens with one attached hydrogen (secondary N) is 1. The number of nitrogens with zero attached hydrogens (tertiary/aromatic N) is 2. The minimum atomic E-state index is -4.19. The van der Waals surface area contributed by atoms with Crippen LogP contribution in [0.5, 0.6) is 0 Å². The Morgan fingerprint density at radius 1 is 0.818 bits per heavy atom. The molecule has 2 amide bonds. The molecule has 1 N–H and O–H groups in total. The molecule has 0 aliphatic carbocycles. The average Bonchev–Trinajstić information content (AvgIpc) is 3.01. The van der Waals surface area contributed by atoms with E-state index in [1.807, 2.05) is 75.4 Å². The van der Waals surface area contributed by atoms with E-state index < -0.39 is 28.5 Å². The van der Waals surface area contributed by atoms with Crippen LogP contribution < -0.4 is 9.62 Å². The molecule has 1 atom stereocenters. The van der Waals surface area contributed by atoms with Crippen LogP contribution in [0.15, 0.2) is 108 Å². The maximum atomic E-state index is 14.4. The molecule has 0 bridgehead atoms. The highest BCUT2D eigenvalue weighted by atomic mass is 35.5. The van der Waals surface area contributed by atoms with Crippen molar-refractivity contribution in [3.05, 3.63) is 130 Å². The van der Waals surface area contributed by atoms with Crippen LogP contribution in [0, 0.1) is 13.8 Å². The molecule has 4 rings (SSSR count). The number of carbonyl (C=O) groups is 2. The first-order valence-corrected chi connectivity index (χ1v) is 16.4. The molecular formula is C35H38ClN3O4S. The van der Waals surface area contributed by atoms with Crippen molar-refractivity contribution in [1.82, 2.24) is 10.2 Å². The number of halogens is 1.